The van der Waals surface area contributed by atoms with Gasteiger partial charge in [-0.15, -0.1) is 0 Å². The van der Waals surface area contributed by atoms with Crippen molar-refractivity contribution in [1.82, 2.24) is 5.32 Å². The lowest BCUT2D eigenvalue weighted by Crippen LogP contribution is -2.45. The molecule has 31 heavy (non-hydrogen) atoms. The average molecular weight is 471 g/mol. The molecule has 1 aliphatic rings. The minimum absolute atomic E-state index is 0.132. The number of fused-ring (bicyclic) bond motifs is 1. The van der Waals surface area contributed by atoms with Crippen molar-refractivity contribution in [2.24, 2.45) is 0 Å². The smallest absolute Gasteiger partial charge is 0.240 e. The van der Waals surface area contributed by atoms with E-state index in [-0.39, 0.29) is 35.4 Å². The topological polar surface area (TPSA) is 103 Å². The van der Waals surface area contributed by atoms with E-state index in [9.17, 15) is 13.2 Å². The number of nitrogens with zero attached hydrogens (tertiary/aromatic N) is 1. The molecule has 0 unspecified atom stereocenters. The third kappa shape index (κ3) is 5.45. The van der Waals surface area contributed by atoms with E-state index in [0.717, 1.165) is 10.6 Å². The van der Waals surface area contributed by atoms with Crippen LogP contribution in [0.3, 0.4) is 0 Å². The predicted molar refractivity (Wildman–Crippen MR) is 116 cm³/mol. The molecular weight excluding hydrogens is 448 g/mol. The van der Waals surface area contributed by atoms with E-state index in [1.54, 1.807) is 12.1 Å². The number of rotatable bonds is 8. The van der Waals surface area contributed by atoms with E-state index in [2.05, 4.69) is 5.32 Å². The largest absolute Gasteiger partial charge is 0.495 e. The van der Waals surface area contributed by atoms with Crippen molar-refractivity contribution in [3.8, 4) is 23.0 Å². The SMILES string of the molecule is COc1cc(N(CC(=O)NC[C@H]2COc3ccccc3O2)S(C)(=O)=O)c(OC)cc1Cl. The van der Waals surface area contributed by atoms with Gasteiger partial charge in [-0.05, 0) is 12.1 Å². The van der Waals surface area contributed by atoms with Crippen LogP contribution in [0.1, 0.15) is 0 Å². The Labute approximate surface area is 185 Å². The third-order valence-corrected chi connectivity index (χ3v) is 5.93. The maximum absolute atomic E-state index is 12.6. The van der Waals surface area contributed by atoms with Crippen LogP contribution in [0, 0.1) is 0 Å². The number of carbonyl (C=O) groups excluding carboxylic acids is 1. The fourth-order valence-corrected chi connectivity index (χ4v) is 4.08. The Balaban J connectivity index is 1.72. The highest BCUT2D eigenvalue weighted by Gasteiger charge is 2.27. The molecule has 0 saturated carbocycles. The standard InChI is InChI=1S/C20H23ClN2O7S/c1-27-18-9-15(19(28-2)8-14(18)21)23(31(3,25)26)11-20(24)22-10-13-12-29-16-6-4-5-7-17(16)30-13/h4-9,13H,10-12H2,1-3H3,(H,22,24)/t13-/m0/s1. The highest BCUT2D eigenvalue weighted by atomic mass is 35.5. The van der Waals surface area contributed by atoms with Crippen molar-refractivity contribution < 1.29 is 32.2 Å². The molecular formula is C20H23ClN2O7S. The van der Waals surface area contributed by atoms with Crippen molar-refractivity contribution in [2.75, 3.05) is 44.5 Å². The number of hydrogen-bond acceptors (Lipinski definition) is 7. The number of nitrogens with one attached hydrogen (secondary N) is 1. The fraction of sp³-hybridized carbons (Fsp3) is 0.350. The zero-order valence-electron chi connectivity index (χ0n) is 17.3. The zero-order valence-corrected chi connectivity index (χ0v) is 18.8. The number of halogens is 1. The molecule has 0 fully saturated rings. The van der Waals surface area contributed by atoms with Crippen LogP contribution in [0.25, 0.3) is 0 Å². The number of ether oxygens (including phenoxy) is 4. The number of carbonyl (C=O) groups is 1. The van der Waals surface area contributed by atoms with Crippen LogP contribution in [0.5, 0.6) is 23.0 Å². The number of benzene rings is 2. The monoisotopic (exact) mass is 470 g/mol. The quantitative estimate of drug-likeness (QED) is 0.630. The Morgan fingerprint density at radius 1 is 1.19 bits per heavy atom. The fourth-order valence-electron chi connectivity index (χ4n) is 3.00. The van der Waals surface area contributed by atoms with Crippen molar-refractivity contribution in [1.29, 1.82) is 0 Å². The molecule has 0 aromatic heterocycles. The summed E-state index contributed by atoms with van der Waals surface area (Å²) in [4.78, 5) is 12.6. The highest BCUT2D eigenvalue weighted by Crippen LogP contribution is 2.39. The maximum Gasteiger partial charge on any atom is 0.240 e. The third-order valence-electron chi connectivity index (χ3n) is 4.50. The van der Waals surface area contributed by atoms with Crippen molar-refractivity contribution in [3.63, 3.8) is 0 Å². The van der Waals surface area contributed by atoms with Crippen molar-refractivity contribution in [2.45, 2.75) is 6.10 Å². The molecule has 2 aromatic carbocycles. The summed E-state index contributed by atoms with van der Waals surface area (Å²) in [6, 6.07) is 10.1. The lowest BCUT2D eigenvalue weighted by molar-refractivity contribution is -0.120. The second kappa shape index (κ2) is 9.52. The summed E-state index contributed by atoms with van der Waals surface area (Å²) in [7, 11) is -1.05. The summed E-state index contributed by atoms with van der Waals surface area (Å²) >= 11 is 6.10. The molecule has 1 amide bonds. The summed E-state index contributed by atoms with van der Waals surface area (Å²) in [5.41, 5.74) is 0.132. The molecule has 1 aliphatic heterocycles. The molecule has 1 N–H and O–H groups in total. The average Bonchev–Trinajstić information content (AvgIpc) is 2.75. The van der Waals surface area contributed by atoms with Crippen LogP contribution in [0.2, 0.25) is 5.02 Å². The van der Waals surface area contributed by atoms with E-state index in [1.807, 2.05) is 12.1 Å². The van der Waals surface area contributed by atoms with Crippen LogP contribution in [0.4, 0.5) is 5.69 Å². The van der Waals surface area contributed by atoms with E-state index in [4.69, 9.17) is 30.5 Å². The van der Waals surface area contributed by atoms with Gasteiger partial charge in [-0.3, -0.25) is 9.10 Å². The Bertz CT molecular complexity index is 1060. The van der Waals surface area contributed by atoms with Gasteiger partial charge in [-0.1, -0.05) is 23.7 Å². The number of methoxy groups -OCH3 is 2. The van der Waals surface area contributed by atoms with E-state index in [1.165, 1.54) is 26.4 Å². The molecule has 1 atom stereocenters. The van der Waals surface area contributed by atoms with Gasteiger partial charge in [0.1, 0.15) is 30.8 Å². The van der Waals surface area contributed by atoms with E-state index in [0.29, 0.717) is 11.5 Å². The summed E-state index contributed by atoms with van der Waals surface area (Å²) in [5.74, 6) is 1.13. The maximum atomic E-state index is 12.6. The number of sulfonamides is 1. The second-order valence-corrected chi connectivity index (χ2v) is 9.04. The van der Waals surface area contributed by atoms with Gasteiger partial charge >= 0.3 is 0 Å². The van der Waals surface area contributed by atoms with Crippen LogP contribution in [-0.2, 0) is 14.8 Å². The van der Waals surface area contributed by atoms with Gasteiger partial charge in [-0.25, -0.2) is 8.42 Å². The number of hydrogen-bond donors (Lipinski definition) is 1. The van der Waals surface area contributed by atoms with Gasteiger partial charge in [0.15, 0.2) is 11.5 Å². The van der Waals surface area contributed by atoms with Crippen LogP contribution >= 0.6 is 11.6 Å². The molecule has 2 aromatic rings. The minimum atomic E-state index is -3.83. The molecule has 0 aliphatic carbocycles. The number of anilines is 1. The summed E-state index contributed by atoms with van der Waals surface area (Å²) < 4.78 is 47.6. The lowest BCUT2D eigenvalue weighted by atomic mass is 10.2. The molecule has 9 nitrogen and oxygen atoms in total. The zero-order chi connectivity index (χ0) is 22.6. The Kier molecular flexibility index (Phi) is 7.01. The first kappa shape index (κ1) is 22.8. The number of para-hydroxylation sites is 2. The molecule has 3 rings (SSSR count). The first-order valence-corrected chi connectivity index (χ1v) is 11.5. The van der Waals surface area contributed by atoms with Crippen LogP contribution in [0.15, 0.2) is 36.4 Å². The highest BCUT2D eigenvalue weighted by molar-refractivity contribution is 7.92. The Hall–Kier alpha value is -2.85. The van der Waals surface area contributed by atoms with Gasteiger partial charge in [-0.2, -0.15) is 0 Å². The Morgan fingerprint density at radius 3 is 2.52 bits per heavy atom. The van der Waals surface area contributed by atoms with Gasteiger partial charge in [0.25, 0.3) is 0 Å². The van der Waals surface area contributed by atoms with Gasteiger partial charge in [0.2, 0.25) is 15.9 Å². The molecule has 1 heterocycles. The predicted octanol–water partition coefficient (Wildman–Crippen LogP) is 2.08. The normalized spacial score (nSPS) is 15.2. The van der Waals surface area contributed by atoms with Gasteiger partial charge in [0.05, 0.1) is 37.7 Å². The number of amides is 1. The first-order valence-electron chi connectivity index (χ1n) is 9.27. The molecule has 168 valence electrons. The molecule has 11 heteroatoms. The summed E-state index contributed by atoms with van der Waals surface area (Å²) in [6.45, 7) is -0.0642. The first-order chi connectivity index (χ1) is 14.7. The van der Waals surface area contributed by atoms with Crippen LogP contribution < -0.4 is 28.6 Å². The molecule has 0 saturated heterocycles. The summed E-state index contributed by atoms with van der Waals surface area (Å²) in [6.07, 6.45) is 0.589. The minimum Gasteiger partial charge on any atom is -0.495 e. The van der Waals surface area contributed by atoms with Crippen molar-refractivity contribution in [3.05, 3.63) is 41.4 Å². The molecule has 0 bridgehead atoms. The van der Waals surface area contributed by atoms with Crippen LogP contribution in [-0.4, -0.2) is 60.6 Å². The summed E-state index contributed by atoms with van der Waals surface area (Å²) in [5, 5.41) is 2.93. The van der Waals surface area contributed by atoms with E-state index >= 15 is 0 Å². The van der Waals surface area contributed by atoms with Gasteiger partial charge in [0, 0.05) is 12.1 Å². The lowest BCUT2D eigenvalue weighted by Gasteiger charge is -2.27. The van der Waals surface area contributed by atoms with Gasteiger partial charge < -0.3 is 24.3 Å². The second-order valence-electron chi connectivity index (χ2n) is 6.73. The van der Waals surface area contributed by atoms with E-state index < -0.39 is 28.6 Å². The molecule has 0 radical (unpaired) electrons. The Morgan fingerprint density at radius 2 is 1.87 bits per heavy atom. The molecule has 0 spiro atoms. The van der Waals surface area contributed by atoms with Crippen molar-refractivity contribution >= 4 is 33.2 Å².